The van der Waals surface area contributed by atoms with Crippen molar-refractivity contribution in [2.75, 3.05) is 7.11 Å². The van der Waals surface area contributed by atoms with E-state index in [1.165, 1.54) is 4.88 Å². The molecule has 0 amide bonds. The van der Waals surface area contributed by atoms with Gasteiger partial charge in [0.2, 0.25) is 0 Å². The van der Waals surface area contributed by atoms with Crippen LogP contribution in [0.25, 0.3) is 0 Å². The largest absolute Gasteiger partial charge is 0.497 e. The van der Waals surface area contributed by atoms with Crippen LogP contribution >= 0.6 is 11.3 Å². The maximum Gasteiger partial charge on any atom is 0.306 e. The number of carboxylic acid groups (broad SMARTS) is 1. The number of ether oxygens (including phenoxy) is 1. The van der Waals surface area contributed by atoms with Gasteiger partial charge in [-0.15, -0.1) is 11.3 Å². The molecular weight excluding hydrogens is 286 g/mol. The number of carbonyl (C=O) groups is 1. The number of nitrogens with zero attached hydrogens (tertiary/aromatic N) is 1. The van der Waals surface area contributed by atoms with Crippen LogP contribution in [-0.2, 0) is 17.6 Å². The normalized spacial score (nSPS) is 12.1. The lowest BCUT2D eigenvalue weighted by atomic mass is 9.94. The zero-order chi connectivity index (χ0) is 15.2. The van der Waals surface area contributed by atoms with Crippen molar-refractivity contribution in [2.24, 2.45) is 5.92 Å². The van der Waals surface area contributed by atoms with Crippen LogP contribution in [0.3, 0.4) is 0 Å². The van der Waals surface area contributed by atoms with Crippen molar-refractivity contribution in [3.8, 4) is 5.75 Å². The summed E-state index contributed by atoms with van der Waals surface area (Å²) in [6.45, 7) is 1.96. The van der Waals surface area contributed by atoms with Crippen LogP contribution in [0.2, 0.25) is 0 Å². The Hall–Kier alpha value is -1.88. The Labute approximate surface area is 128 Å². The molecule has 0 aliphatic rings. The maximum absolute atomic E-state index is 11.4. The van der Waals surface area contributed by atoms with Crippen molar-refractivity contribution in [3.05, 3.63) is 45.9 Å². The van der Waals surface area contributed by atoms with Gasteiger partial charge in [-0.25, -0.2) is 4.98 Å². The van der Waals surface area contributed by atoms with E-state index in [0.717, 1.165) is 23.4 Å². The molecule has 1 aromatic carbocycles. The molecule has 1 unspecified atom stereocenters. The van der Waals surface area contributed by atoms with Crippen LogP contribution < -0.4 is 4.74 Å². The first kappa shape index (κ1) is 15.5. The Morgan fingerprint density at radius 2 is 2.10 bits per heavy atom. The summed E-state index contributed by atoms with van der Waals surface area (Å²) in [4.78, 5) is 16.8. The van der Waals surface area contributed by atoms with Gasteiger partial charge >= 0.3 is 5.97 Å². The van der Waals surface area contributed by atoms with Crippen molar-refractivity contribution in [1.82, 2.24) is 4.98 Å². The van der Waals surface area contributed by atoms with E-state index >= 15 is 0 Å². The zero-order valence-electron chi connectivity index (χ0n) is 12.2. The number of thiazole rings is 1. The van der Waals surface area contributed by atoms with Gasteiger partial charge in [-0.3, -0.25) is 4.79 Å². The fourth-order valence-electron chi connectivity index (χ4n) is 2.23. The van der Waals surface area contributed by atoms with Crippen molar-refractivity contribution >= 4 is 17.3 Å². The topological polar surface area (TPSA) is 59.4 Å². The third-order valence-electron chi connectivity index (χ3n) is 3.56. The highest BCUT2D eigenvalue weighted by Crippen LogP contribution is 2.21. The lowest BCUT2D eigenvalue weighted by Gasteiger charge is -2.12. The Bertz CT molecular complexity index is 592. The second-order valence-corrected chi connectivity index (χ2v) is 5.93. The van der Waals surface area contributed by atoms with Crippen LogP contribution in [-0.4, -0.2) is 23.2 Å². The standard InChI is InChI=1S/C16H19NO3S/c1-11-15(21-10-17-11)8-5-13(16(18)19)9-12-3-6-14(20-2)7-4-12/h3-4,6-7,10,13H,5,8-9H2,1-2H3,(H,18,19). The van der Waals surface area contributed by atoms with E-state index in [1.54, 1.807) is 18.4 Å². The molecule has 1 heterocycles. The molecule has 0 spiro atoms. The summed E-state index contributed by atoms with van der Waals surface area (Å²) in [5, 5.41) is 9.40. The van der Waals surface area contributed by atoms with Gasteiger partial charge in [-0.05, 0) is 43.9 Å². The molecule has 112 valence electrons. The van der Waals surface area contributed by atoms with Gasteiger partial charge in [-0.1, -0.05) is 12.1 Å². The van der Waals surface area contributed by atoms with Gasteiger partial charge in [0.05, 0.1) is 24.2 Å². The molecular formula is C16H19NO3S. The van der Waals surface area contributed by atoms with Gasteiger partial charge in [0.25, 0.3) is 0 Å². The highest BCUT2D eigenvalue weighted by atomic mass is 32.1. The lowest BCUT2D eigenvalue weighted by Crippen LogP contribution is -2.17. The minimum atomic E-state index is -0.743. The fraction of sp³-hybridized carbons (Fsp3) is 0.375. The second kappa shape index (κ2) is 7.22. The molecule has 0 aliphatic carbocycles. The first-order valence-corrected chi connectivity index (χ1v) is 7.73. The van der Waals surface area contributed by atoms with E-state index in [4.69, 9.17) is 4.74 Å². The highest BCUT2D eigenvalue weighted by molar-refractivity contribution is 7.09. The number of benzene rings is 1. The predicted octanol–water partition coefficient (Wildman–Crippen LogP) is 3.34. The van der Waals surface area contributed by atoms with E-state index < -0.39 is 5.97 Å². The summed E-state index contributed by atoms with van der Waals surface area (Å²) >= 11 is 1.59. The monoisotopic (exact) mass is 305 g/mol. The van der Waals surface area contributed by atoms with Gasteiger partial charge in [0, 0.05) is 4.88 Å². The lowest BCUT2D eigenvalue weighted by molar-refractivity contribution is -0.141. The molecule has 2 aromatic rings. The zero-order valence-corrected chi connectivity index (χ0v) is 13.0. The first-order chi connectivity index (χ1) is 10.1. The Morgan fingerprint density at radius 1 is 1.38 bits per heavy atom. The predicted molar refractivity (Wildman–Crippen MR) is 83.0 cm³/mol. The van der Waals surface area contributed by atoms with E-state index in [0.29, 0.717) is 12.8 Å². The summed E-state index contributed by atoms with van der Waals surface area (Å²) < 4.78 is 5.11. The minimum absolute atomic E-state index is 0.375. The van der Waals surface area contributed by atoms with Crippen LogP contribution in [0.1, 0.15) is 22.6 Å². The van der Waals surface area contributed by atoms with Gasteiger partial charge in [0.1, 0.15) is 5.75 Å². The molecule has 5 heteroatoms. The number of carboxylic acids is 1. The van der Waals surface area contributed by atoms with Crippen molar-refractivity contribution in [1.29, 1.82) is 0 Å². The van der Waals surface area contributed by atoms with E-state index in [1.807, 2.05) is 36.7 Å². The summed E-state index contributed by atoms with van der Waals surface area (Å²) in [7, 11) is 1.62. The Kier molecular flexibility index (Phi) is 5.33. The van der Waals surface area contributed by atoms with Crippen LogP contribution in [0.4, 0.5) is 0 Å². The first-order valence-electron chi connectivity index (χ1n) is 6.85. The fourth-order valence-corrected chi connectivity index (χ4v) is 3.03. The number of hydrogen-bond acceptors (Lipinski definition) is 4. The molecule has 0 bridgehead atoms. The number of aryl methyl sites for hydroxylation is 2. The van der Waals surface area contributed by atoms with E-state index in [9.17, 15) is 9.90 Å². The van der Waals surface area contributed by atoms with E-state index in [2.05, 4.69) is 4.98 Å². The van der Waals surface area contributed by atoms with Crippen LogP contribution in [0.15, 0.2) is 29.8 Å². The number of aliphatic carboxylic acids is 1. The molecule has 1 N–H and O–H groups in total. The summed E-state index contributed by atoms with van der Waals surface area (Å²) in [5.74, 6) is -0.334. The molecule has 1 atom stereocenters. The van der Waals surface area contributed by atoms with Crippen molar-refractivity contribution < 1.29 is 14.6 Å². The molecule has 0 fully saturated rings. The second-order valence-electron chi connectivity index (χ2n) is 4.99. The molecule has 0 saturated carbocycles. The average Bonchev–Trinajstić information content (AvgIpc) is 2.89. The minimum Gasteiger partial charge on any atom is -0.497 e. The van der Waals surface area contributed by atoms with E-state index in [-0.39, 0.29) is 5.92 Å². The average molecular weight is 305 g/mol. The third-order valence-corrected chi connectivity index (χ3v) is 4.55. The summed E-state index contributed by atoms with van der Waals surface area (Å²) in [5.41, 5.74) is 3.84. The van der Waals surface area contributed by atoms with Gasteiger partial charge in [-0.2, -0.15) is 0 Å². The van der Waals surface area contributed by atoms with Crippen molar-refractivity contribution in [2.45, 2.75) is 26.2 Å². The Morgan fingerprint density at radius 3 is 2.62 bits per heavy atom. The summed E-state index contributed by atoms with van der Waals surface area (Å²) in [6, 6.07) is 7.57. The van der Waals surface area contributed by atoms with Crippen LogP contribution in [0, 0.1) is 12.8 Å². The van der Waals surface area contributed by atoms with Crippen molar-refractivity contribution in [3.63, 3.8) is 0 Å². The number of methoxy groups -OCH3 is 1. The third kappa shape index (κ3) is 4.29. The quantitative estimate of drug-likeness (QED) is 0.852. The Balaban J connectivity index is 1.98. The number of hydrogen-bond donors (Lipinski definition) is 1. The SMILES string of the molecule is COc1ccc(CC(CCc2scnc2C)C(=O)O)cc1. The van der Waals surface area contributed by atoms with Gasteiger partial charge < -0.3 is 9.84 Å². The highest BCUT2D eigenvalue weighted by Gasteiger charge is 2.18. The number of rotatable bonds is 7. The molecule has 0 saturated heterocycles. The molecule has 1 aromatic heterocycles. The number of aromatic nitrogens is 1. The molecule has 0 radical (unpaired) electrons. The molecule has 2 rings (SSSR count). The molecule has 0 aliphatic heterocycles. The smallest absolute Gasteiger partial charge is 0.306 e. The van der Waals surface area contributed by atoms with Crippen LogP contribution in [0.5, 0.6) is 5.75 Å². The molecule has 4 nitrogen and oxygen atoms in total. The van der Waals surface area contributed by atoms with Gasteiger partial charge in [0.15, 0.2) is 0 Å². The maximum atomic E-state index is 11.4. The molecule has 21 heavy (non-hydrogen) atoms. The summed E-state index contributed by atoms with van der Waals surface area (Å²) in [6.07, 6.45) is 1.94.